The molecule has 0 bridgehead atoms. The zero-order chi connectivity index (χ0) is 38.7. The molecule has 0 fully saturated rings. The Balaban J connectivity index is 0.000000127. The first-order valence-corrected chi connectivity index (χ1v) is 26.0. The minimum atomic E-state index is -0.826. The normalized spacial score (nSPS) is 10.5. The summed E-state index contributed by atoms with van der Waals surface area (Å²) in [5.74, 6) is 0. The third-order valence-corrected chi connectivity index (χ3v) is 11.0. The molecule has 0 nitrogen and oxygen atoms in total. The summed E-state index contributed by atoms with van der Waals surface area (Å²) < 4.78 is 0. The van der Waals surface area contributed by atoms with Crippen LogP contribution in [0.4, 0.5) is 0 Å². The van der Waals surface area contributed by atoms with Gasteiger partial charge in [0.15, 0.2) is 0 Å². The van der Waals surface area contributed by atoms with Gasteiger partial charge in [-0.2, -0.15) is 12.1 Å². The van der Waals surface area contributed by atoms with E-state index in [1.54, 1.807) is 0 Å². The molecule has 0 aromatic heterocycles. The molecule has 0 aliphatic carbocycles. The summed E-state index contributed by atoms with van der Waals surface area (Å²) in [6, 6.07) is 73.6. The first-order chi connectivity index (χ1) is 27.5. The van der Waals surface area contributed by atoms with E-state index in [4.69, 9.17) is 17.0 Å². The van der Waals surface area contributed by atoms with E-state index in [-0.39, 0.29) is 0 Å². The van der Waals surface area contributed by atoms with E-state index >= 15 is 0 Å². The van der Waals surface area contributed by atoms with E-state index in [1.807, 2.05) is 0 Å². The fourth-order valence-corrected chi connectivity index (χ4v) is 8.42. The van der Waals surface area contributed by atoms with Crippen LogP contribution in [-0.2, 0) is 20.8 Å². The molecule has 0 spiro atoms. The molecule has 4 heteroatoms. The van der Waals surface area contributed by atoms with E-state index in [2.05, 4.69) is 220 Å². The summed E-state index contributed by atoms with van der Waals surface area (Å²) in [5.41, 5.74) is 7.94. The van der Waals surface area contributed by atoms with Crippen LogP contribution in [0.5, 0.6) is 0 Å². The second-order valence-electron chi connectivity index (χ2n) is 13.7. The van der Waals surface area contributed by atoms with Gasteiger partial charge in [-0.15, -0.1) is 69.1 Å². The fourth-order valence-electron chi connectivity index (χ4n) is 7.37. The molecule has 56 heavy (non-hydrogen) atoms. The molecule has 10 aromatic rings. The molecule has 0 saturated carbocycles. The van der Waals surface area contributed by atoms with E-state index in [1.165, 1.54) is 86.8 Å². The van der Waals surface area contributed by atoms with Crippen LogP contribution in [0.15, 0.2) is 206 Å². The van der Waals surface area contributed by atoms with Crippen molar-refractivity contribution < 1.29 is 20.8 Å². The molecule has 0 atom stereocenters. The van der Waals surface area contributed by atoms with Crippen molar-refractivity contribution in [2.45, 2.75) is 13.8 Å². The Bertz CT molecular complexity index is 2600. The zero-order valence-electron chi connectivity index (χ0n) is 31.4. The quantitative estimate of drug-likeness (QED) is 0.122. The maximum Gasteiger partial charge on any atom is 0.121 e. The molecule has 2 radical (unpaired) electrons. The third-order valence-electron chi connectivity index (χ3n) is 9.79. The molecule has 0 saturated heterocycles. The molecule has 0 N–H and O–H groups in total. The fraction of sp³-hybridized carbons (Fsp3) is 0.0385. The Hall–Kier alpha value is -4.82. The summed E-state index contributed by atoms with van der Waals surface area (Å²) in [4.78, 5) is 0. The first kappa shape index (κ1) is 39.4. The van der Waals surface area contributed by atoms with Crippen molar-refractivity contribution >= 4 is 80.0 Å². The van der Waals surface area contributed by atoms with Crippen molar-refractivity contribution in [2.75, 3.05) is 0 Å². The van der Waals surface area contributed by atoms with Crippen molar-refractivity contribution in [3.63, 3.8) is 0 Å². The first-order valence-electron chi connectivity index (χ1n) is 18.6. The van der Waals surface area contributed by atoms with Crippen molar-refractivity contribution in [2.24, 2.45) is 0 Å². The van der Waals surface area contributed by atoms with E-state index in [0.29, 0.717) is 0 Å². The number of fused-ring (bicyclic) bond motifs is 4. The van der Waals surface area contributed by atoms with Gasteiger partial charge < -0.3 is 0 Å². The Morgan fingerprint density at radius 1 is 0.375 bits per heavy atom. The smallest absolute Gasteiger partial charge is 0.0631 e. The molecule has 0 heterocycles. The molecule has 0 aliphatic rings. The second-order valence-corrected chi connectivity index (χ2v) is 18.8. The monoisotopic (exact) mass is 852 g/mol. The average Bonchev–Trinajstić information content (AvgIpc) is 3.83. The van der Waals surface area contributed by atoms with Crippen LogP contribution in [0.3, 0.4) is 0 Å². The van der Waals surface area contributed by atoms with Crippen LogP contribution in [-0.4, -0.2) is 9.52 Å². The summed E-state index contributed by atoms with van der Waals surface area (Å²) >= 11 is -0.826. The predicted molar refractivity (Wildman–Crippen MR) is 244 cm³/mol. The zero-order valence-corrected chi connectivity index (χ0v) is 36.4. The van der Waals surface area contributed by atoms with Gasteiger partial charge in [0.1, 0.15) is 9.52 Å². The SMILES string of the molecule is Cc1cc2c(-c3cccc4ccccc34)cccc2[cH-]1.Cc1cc2c(-c3cccc4ccccc34)cccc2[cH-]1.[Cl][Zr+2][Cl].c1ccc([Si]c2ccccc2)cc1. The minimum absolute atomic E-state index is 0.777. The standard InChI is InChI=1S/2C20H15.C12H10Si.2ClH.Zr/c2*1-14-12-16-8-5-11-19(20(16)13-14)18-10-4-7-15-6-2-3-9-17(15)18;1-3-7-11(8-4-1)13-12-9-5-2-6-10-12;;;/h2*2-13H,1H3;1-10H;2*1H;/q2*-1;;;;+4/p-2. The summed E-state index contributed by atoms with van der Waals surface area (Å²) in [6.07, 6.45) is 0. The Labute approximate surface area is 351 Å². The van der Waals surface area contributed by atoms with Gasteiger partial charge in [-0.3, -0.25) is 0 Å². The Kier molecular flexibility index (Phi) is 13.6. The van der Waals surface area contributed by atoms with Crippen LogP contribution < -0.4 is 10.4 Å². The summed E-state index contributed by atoms with van der Waals surface area (Å²) in [7, 11) is 10.6. The number of hydrogen-bond acceptors (Lipinski definition) is 0. The van der Waals surface area contributed by atoms with Crippen LogP contribution in [0.1, 0.15) is 11.1 Å². The molecule has 0 unspecified atom stereocenters. The van der Waals surface area contributed by atoms with Gasteiger partial charge in [-0.05, 0) is 32.7 Å². The predicted octanol–water partition coefficient (Wildman–Crippen LogP) is 14.1. The number of halogens is 2. The molecule has 10 aromatic carbocycles. The molecular formula is C52H40Cl2SiZr. The van der Waals surface area contributed by atoms with Crippen LogP contribution in [0, 0.1) is 13.8 Å². The van der Waals surface area contributed by atoms with Crippen LogP contribution >= 0.6 is 17.0 Å². The van der Waals surface area contributed by atoms with Crippen molar-refractivity contribution in [1.82, 2.24) is 0 Å². The van der Waals surface area contributed by atoms with Gasteiger partial charge >= 0.3 is 37.9 Å². The van der Waals surface area contributed by atoms with Crippen molar-refractivity contribution in [1.29, 1.82) is 0 Å². The van der Waals surface area contributed by atoms with E-state index in [0.717, 1.165) is 9.52 Å². The largest absolute Gasteiger partial charge is 0.121 e. The van der Waals surface area contributed by atoms with E-state index < -0.39 is 20.8 Å². The number of hydrogen-bond donors (Lipinski definition) is 0. The van der Waals surface area contributed by atoms with Gasteiger partial charge in [0, 0.05) is 0 Å². The number of aryl methyl sites for hydroxylation is 2. The van der Waals surface area contributed by atoms with Crippen LogP contribution in [0.2, 0.25) is 0 Å². The maximum absolute atomic E-state index is 4.93. The topological polar surface area (TPSA) is 0 Å². The molecule has 270 valence electrons. The van der Waals surface area contributed by atoms with Gasteiger partial charge in [-0.1, -0.05) is 193 Å². The van der Waals surface area contributed by atoms with E-state index in [9.17, 15) is 0 Å². The number of rotatable bonds is 4. The molecular weight excluding hydrogens is 815 g/mol. The van der Waals surface area contributed by atoms with Gasteiger partial charge in [-0.25, -0.2) is 0 Å². The molecule has 10 rings (SSSR count). The van der Waals surface area contributed by atoms with Crippen molar-refractivity contribution in [3.8, 4) is 22.3 Å². The Morgan fingerprint density at radius 2 is 0.696 bits per heavy atom. The number of benzene rings is 8. The Morgan fingerprint density at radius 3 is 1.11 bits per heavy atom. The average molecular weight is 855 g/mol. The maximum atomic E-state index is 4.93. The summed E-state index contributed by atoms with van der Waals surface area (Å²) in [5, 5.41) is 13.4. The summed E-state index contributed by atoms with van der Waals surface area (Å²) in [6.45, 7) is 4.32. The second kappa shape index (κ2) is 19.4. The molecule has 0 amide bonds. The molecule has 0 aliphatic heterocycles. The third kappa shape index (κ3) is 9.58. The van der Waals surface area contributed by atoms with Gasteiger partial charge in [0.05, 0.1) is 0 Å². The van der Waals surface area contributed by atoms with Crippen LogP contribution in [0.25, 0.3) is 65.3 Å². The van der Waals surface area contributed by atoms with Crippen molar-refractivity contribution in [3.05, 3.63) is 217 Å². The minimum Gasteiger partial charge on any atom is -0.0631 e. The van der Waals surface area contributed by atoms with Gasteiger partial charge in [0.2, 0.25) is 0 Å². The van der Waals surface area contributed by atoms with Gasteiger partial charge in [0.25, 0.3) is 0 Å².